The number of nitrogen functional groups attached to an aromatic ring is 1. The topological polar surface area (TPSA) is 50.9 Å². The highest BCUT2D eigenvalue weighted by Gasteiger charge is 2.30. The summed E-state index contributed by atoms with van der Waals surface area (Å²) in [5.74, 6) is 0. The molecule has 1 saturated carbocycles. The first-order chi connectivity index (χ1) is 10.2. The lowest BCUT2D eigenvalue weighted by atomic mass is 9.88. The largest absolute Gasteiger partial charge is 0.397 e. The monoisotopic (exact) mass is 301 g/mol. The molecule has 21 heavy (non-hydrogen) atoms. The van der Waals surface area contributed by atoms with Gasteiger partial charge in [-0.1, -0.05) is 31.4 Å². The molecule has 1 fully saturated rings. The molecule has 112 valence electrons. The van der Waals surface area contributed by atoms with Crippen LogP contribution in [0.15, 0.2) is 30.5 Å². The molecule has 2 aromatic rings. The van der Waals surface area contributed by atoms with E-state index in [4.69, 9.17) is 5.73 Å². The van der Waals surface area contributed by atoms with Crippen LogP contribution in [0.4, 0.5) is 11.4 Å². The average molecular weight is 301 g/mol. The lowest BCUT2D eigenvalue weighted by molar-refractivity contribution is 0.411. The Balaban J connectivity index is 1.83. The molecule has 0 atom stereocenters. The lowest BCUT2D eigenvalue weighted by Gasteiger charge is -2.36. The maximum Gasteiger partial charge on any atom is 0.0951 e. The molecule has 0 radical (unpaired) electrons. The van der Waals surface area contributed by atoms with Crippen molar-refractivity contribution < 1.29 is 0 Å². The fourth-order valence-corrected chi connectivity index (χ4v) is 4.17. The van der Waals surface area contributed by atoms with Crippen LogP contribution in [0.25, 0.3) is 10.9 Å². The highest BCUT2D eigenvalue weighted by Crippen LogP contribution is 2.39. The van der Waals surface area contributed by atoms with E-state index < -0.39 is 0 Å². The summed E-state index contributed by atoms with van der Waals surface area (Å²) in [6, 6.07) is 8.05. The number of nitrogens with zero attached hydrogens (tertiary/aromatic N) is 1. The smallest absolute Gasteiger partial charge is 0.0951 e. The molecule has 0 spiro atoms. The van der Waals surface area contributed by atoms with Gasteiger partial charge < -0.3 is 11.1 Å². The number of para-hydroxylation sites is 1. The third-order valence-corrected chi connectivity index (χ3v) is 6.02. The zero-order valence-electron chi connectivity index (χ0n) is 12.6. The summed E-state index contributed by atoms with van der Waals surface area (Å²) < 4.78 is 0.383. The van der Waals surface area contributed by atoms with Gasteiger partial charge in [0, 0.05) is 28.6 Å². The molecule has 1 aromatic heterocycles. The lowest BCUT2D eigenvalue weighted by Crippen LogP contribution is -2.35. The molecule has 3 N–H and O–H groups in total. The number of pyridine rings is 1. The van der Waals surface area contributed by atoms with Gasteiger partial charge in [0.25, 0.3) is 0 Å². The van der Waals surface area contributed by atoms with Crippen molar-refractivity contribution in [1.82, 2.24) is 4.98 Å². The van der Waals surface area contributed by atoms with E-state index in [2.05, 4.69) is 28.7 Å². The van der Waals surface area contributed by atoms with E-state index in [9.17, 15) is 0 Å². The molecule has 1 aliphatic rings. The van der Waals surface area contributed by atoms with Crippen molar-refractivity contribution in [3.63, 3.8) is 0 Å². The standard InChI is InChI=1S/C17H23N3S/c1-21-17(9-3-2-4-10-17)12-20-15-8-11-19-16-13(15)6-5-7-14(16)18/h5-8,11H,2-4,9-10,12,18H2,1H3,(H,19,20). The molecule has 0 aliphatic heterocycles. The maximum atomic E-state index is 6.02. The zero-order chi connectivity index (χ0) is 14.7. The van der Waals surface area contributed by atoms with E-state index in [1.54, 1.807) is 0 Å². The SMILES string of the molecule is CSC1(CNc2ccnc3c(N)cccc23)CCCCC1. The number of anilines is 2. The first-order valence-corrected chi connectivity index (χ1v) is 8.89. The Labute approximate surface area is 130 Å². The van der Waals surface area contributed by atoms with Crippen LogP contribution in [0.3, 0.4) is 0 Å². The average Bonchev–Trinajstić information content (AvgIpc) is 2.54. The number of thioether (sulfide) groups is 1. The third kappa shape index (κ3) is 2.95. The molecular weight excluding hydrogens is 278 g/mol. The van der Waals surface area contributed by atoms with Crippen LogP contribution in [-0.4, -0.2) is 22.5 Å². The molecule has 0 bridgehead atoms. The maximum absolute atomic E-state index is 6.02. The molecule has 3 nitrogen and oxygen atoms in total. The fourth-order valence-electron chi connectivity index (χ4n) is 3.26. The Morgan fingerprint density at radius 1 is 1.24 bits per heavy atom. The molecular formula is C17H23N3S. The Bertz CT molecular complexity index is 620. The Morgan fingerprint density at radius 3 is 2.81 bits per heavy atom. The van der Waals surface area contributed by atoms with Crippen molar-refractivity contribution >= 4 is 34.0 Å². The van der Waals surface area contributed by atoms with Crippen molar-refractivity contribution in [2.45, 2.75) is 36.9 Å². The van der Waals surface area contributed by atoms with Crippen LogP contribution < -0.4 is 11.1 Å². The second-order valence-electron chi connectivity index (χ2n) is 5.90. The molecule has 3 rings (SSSR count). The van der Waals surface area contributed by atoms with E-state index in [0.29, 0.717) is 4.75 Å². The van der Waals surface area contributed by atoms with Gasteiger partial charge in [-0.15, -0.1) is 0 Å². The Hall–Kier alpha value is -1.42. The molecule has 4 heteroatoms. The molecule has 1 heterocycles. The minimum absolute atomic E-state index is 0.383. The summed E-state index contributed by atoms with van der Waals surface area (Å²) in [7, 11) is 0. The van der Waals surface area contributed by atoms with Crippen molar-refractivity contribution in [3.05, 3.63) is 30.5 Å². The van der Waals surface area contributed by atoms with Crippen molar-refractivity contribution in [1.29, 1.82) is 0 Å². The van der Waals surface area contributed by atoms with E-state index in [1.807, 2.05) is 30.1 Å². The predicted octanol–water partition coefficient (Wildman–Crippen LogP) is 4.29. The minimum Gasteiger partial charge on any atom is -0.397 e. The Kier molecular flexibility index (Phi) is 4.24. The molecule has 1 aliphatic carbocycles. The summed E-state index contributed by atoms with van der Waals surface area (Å²) in [5, 5.41) is 4.78. The van der Waals surface area contributed by atoms with Crippen LogP contribution in [0.1, 0.15) is 32.1 Å². The van der Waals surface area contributed by atoms with Gasteiger partial charge in [0.15, 0.2) is 0 Å². The summed E-state index contributed by atoms with van der Waals surface area (Å²) in [5.41, 5.74) is 8.80. The van der Waals surface area contributed by atoms with Gasteiger partial charge in [0.2, 0.25) is 0 Å². The first kappa shape index (κ1) is 14.5. The number of fused-ring (bicyclic) bond motifs is 1. The van der Waals surface area contributed by atoms with Crippen LogP contribution in [0.2, 0.25) is 0 Å². The van der Waals surface area contributed by atoms with E-state index in [-0.39, 0.29) is 0 Å². The number of hydrogen-bond donors (Lipinski definition) is 2. The van der Waals surface area contributed by atoms with Gasteiger partial charge in [-0.05, 0) is 31.2 Å². The molecule has 0 saturated heterocycles. The van der Waals surface area contributed by atoms with E-state index >= 15 is 0 Å². The molecule has 0 amide bonds. The minimum atomic E-state index is 0.383. The van der Waals surface area contributed by atoms with Crippen LogP contribution >= 0.6 is 11.8 Å². The van der Waals surface area contributed by atoms with Crippen molar-refractivity contribution in [3.8, 4) is 0 Å². The number of nitrogens with one attached hydrogen (secondary N) is 1. The highest BCUT2D eigenvalue weighted by atomic mass is 32.2. The van der Waals surface area contributed by atoms with Crippen molar-refractivity contribution in [2.24, 2.45) is 0 Å². The summed E-state index contributed by atoms with van der Waals surface area (Å²) in [6.45, 7) is 1.02. The van der Waals surface area contributed by atoms with Gasteiger partial charge in [-0.25, -0.2) is 0 Å². The summed E-state index contributed by atoms with van der Waals surface area (Å²) in [4.78, 5) is 4.40. The molecule has 1 aromatic carbocycles. The summed E-state index contributed by atoms with van der Waals surface area (Å²) in [6.07, 6.45) is 10.8. The van der Waals surface area contributed by atoms with Gasteiger partial charge in [0.1, 0.15) is 0 Å². The number of rotatable bonds is 4. The summed E-state index contributed by atoms with van der Waals surface area (Å²) >= 11 is 2.02. The van der Waals surface area contributed by atoms with Crippen molar-refractivity contribution in [2.75, 3.05) is 23.9 Å². The number of hydrogen-bond acceptors (Lipinski definition) is 4. The second-order valence-corrected chi connectivity index (χ2v) is 7.18. The normalized spacial score (nSPS) is 17.8. The number of nitrogens with two attached hydrogens (primary N) is 1. The third-order valence-electron chi connectivity index (χ3n) is 4.60. The predicted molar refractivity (Wildman–Crippen MR) is 94.0 cm³/mol. The van der Waals surface area contributed by atoms with Gasteiger partial charge in [0.05, 0.1) is 11.2 Å². The Morgan fingerprint density at radius 2 is 2.05 bits per heavy atom. The molecule has 0 unspecified atom stereocenters. The number of benzene rings is 1. The van der Waals surface area contributed by atoms with Gasteiger partial charge >= 0.3 is 0 Å². The highest BCUT2D eigenvalue weighted by molar-refractivity contribution is 8.00. The quantitative estimate of drug-likeness (QED) is 0.827. The van der Waals surface area contributed by atoms with Crippen LogP contribution in [-0.2, 0) is 0 Å². The van der Waals surface area contributed by atoms with E-state index in [0.717, 1.165) is 28.8 Å². The van der Waals surface area contributed by atoms with E-state index in [1.165, 1.54) is 32.1 Å². The van der Waals surface area contributed by atoms with Crippen LogP contribution in [0, 0.1) is 0 Å². The van der Waals surface area contributed by atoms with Crippen LogP contribution in [0.5, 0.6) is 0 Å². The van der Waals surface area contributed by atoms with Gasteiger partial charge in [-0.2, -0.15) is 11.8 Å². The van der Waals surface area contributed by atoms with Gasteiger partial charge in [-0.3, -0.25) is 4.98 Å². The first-order valence-electron chi connectivity index (χ1n) is 7.66. The fraction of sp³-hybridized carbons (Fsp3) is 0.471. The zero-order valence-corrected chi connectivity index (χ0v) is 13.4. The number of aromatic nitrogens is 1. The second kappa shape index (κ2) is 6.14.